The van der Waals surface area contributed by atoms with Crippen LogP contribution in [0.5, 0.6) is 0 Å². The molecule has 0 saturated heterocycles. The molecule has 4 nitrogen and oxygen atoms in total. The van der Waals surface area contributed by atoms with Crippen molar-refractivity contribution in [1.29, 1.82) is 0 Å². The number of aromatic nitrogens is 1. The highest BCUT2D eigenvalue weighted by Gasteiger charge is 2.01. The van der Waals surface area contributed by atoms with Crippen LogP contribution in [0.25, 0.3) is 0 Å². The van der Waals surface area contributed by atoms with Crippen LogP contribution in [0.4, 0.5) is 4.79 Å². The SMILES string of the molecule is Cc1ccc(C#CCCNC(=O)OCc2ccccc2)c(Cl)n1. The van der Waals surface area contributed by atoms with E-state index in [-0.39, 0.29) is 6.61 Å². The molecule has 23 heavy (non-hydrogen) atoms. The molecule has 118 valence electrons. The highest BCUT2D eigenvalue weighted by atomic mass is 35.5. The number of carbonyl (C=O) groups excluding carboxylic acids is 1. The zero-order chi connectivity index (χ0) is 16.5. The van der Waals surface area contributed by atoms with Crippen molar-refractivity contribution >= 4 is 17.7 Å². The largest absolute Gasteiger partial charge is 0.445 e. The quantitative estimate of drug-likeness (QED) is 0.529. The number of alkyl carbamates (subject to hydrolysis) is 1. The molecule has 0 bridgehead atoms. The smallest absolute Gasteiger partial charge is 0.407 e. The maximum atomic E-state index is 11.5. The van der Waals surface area contributed by atoms with Gasteiger partial charge in [0.05, 0.1) is 5.56 Å². The number of hydrogen-bond acceptors (Lipinski definition) is 3. The predicted octanol–water partition coefficient (Wildman–Crippen LogP) is 3.71. The van der Waals surface area contributed by atoms with Crippen LogP contribution in [-0.4, -0.2) is 17.6 Å². The Morgan fingerprint density at radius 3 is 2.78 bits per heavy atom. The van der Waals surface area contributed by atoms with E-state index in [1.54, 1.807) is 0 Å². The van der Waals surface area contributed by atoms with Crippen LogP contribution in [0, 0.1) is 18.8 Å². The lowest BCUT2D eigenvalue weighted by Crippen LogP contribution is -2.24. The molecule has 2 aromatic rings. The molecule has 1 aromatic carbocycles. The Morgan fingerprint density at radius 1 is 1.26 bits per heavy atom. The fourth-order valence-corrected chi connectivity index (χ4v) is 2.02. The second-order valence-electron chi connectivity index (χ2n) is 4.83. The standard InChI is InChI=1S/C18H17ClN2O2/c1-14-10-11-16(17(19)21-14)9-5-6-12-20-18(22)23-13-15-7-3-2-4-8-15/h2-4,7-8,10-11H,6,12-13H2,1H3,(H,20,22). The summed E-state index contributed by atoms with van der Waals surface area (Å²) in [5.74, 6) is 5.88. The minimum atomic E-state index is -0.453. The van der Waals surface area contributed by atoms with Gasteiger partial charge in [-0.1, -0.05) is 53.8 Å². The molecule has 0 unspecified atom stereocenters. The fraction of sp³-hybridized carbons (Fsp3) is 0.222. The summed E-state index contributed by atoms with van der Waals surface area (Å²) in [7, 11) is 0. The van der Waals surface area contributed by atoms with Gasteiger partial charge in [0.2, 0.25) is 0 Å². The average molecular weight is 329 g/mol. The summed E-state index contributed by atoms with van der Waals surface area (Å²) in [6.07, 6.45) is 0.0515. The highest BCUT2D eigenvalue weighted by molar-refractivity contribution is 6.30. The summed E-state index contributed by atoms with van der Waals surface area (Å²) >= 11 is 5.99. The van der Waals surface area contributed by atoms with Gasteiger partial charge in [0, 0.05) is 18.7 Å². The van der Waals surface area contributed by atoms with Crippen molar-refractivity contribution in [3.63, 3.8) is 0 Å². The molecule has 2 rings (SSSR count). The molecule has 0 saturated carbocycles. The topological polar surface area (TPSA) is 51.2 Å². The van der Waals surface area contributed by atoms with Gasteiger partial charge in [-0.05, 0) is 24.6 Å². The lowest BCUT2D eigenvalue weighted by atomic mass is 10.2. The zero-order valence-corrected chi connectivity index (χ0v) is 13.6. The van der Waals surface area contributed by atoms with E-state index in [2.05, 4.69) is 22.1 Å². The van der Waals surface area contributed by atoms with Crippen LogP contribution in [0.3, 0.4) is 0 Å². The Balaban J connectivity index is 1.69. The summed E-state index contributed by atoms with van der Waals surface area (Å²) < 4.78 is 5.10. The van der Waals surface area contributed by atoms with Crippen LogP contribution < -0.4 is 5.32 Å². The van der Waals surface area contributed by atoms with E-state index in [9.17, 15) is 4.79 Å². The minimum absolute atomic E-state index is 0.253. The predicted molar refractivity (Wildman–Crippen MR) is 90.1 cm³/mol. The lowest BCUT2D eigenvalue weighted by molar-refractivity contribution is 0.140. The molecule has 1 N–H and O–H groups in total. The van der Waals surface area contributed by atoms with Gasteiger partial charge >= 0.3 is 6.09 Å². The summed E-state index contributed by atoms with van der Waals surface area (Å²) in [5, 5.41) is 3.05. The first-order valence-electron chi connectivity index (χ1n) is 7.22. The van der Waals surface area contributed by atoms with E-state index in [4.69, 9.17) is 16.3 Å². The molecule has 1 heterocycles. The molecule has 0 atom stereocenters. The molecular weight excluding hydrogens is 312 g/mol. The molecule has 5 heteroatoms. The maximum Gasteiger partial charge on any atom is 0.407 e. The number of halogens is 1. The van der Waals surface area contributed by atoms with Gasteiger partial charge in [-0.3, -0.25) is 0 Å². The van der Waals surface area contributed by atoms with E-state index in [0.29, 0.717) is 23.7 Å². The number of carbonyl (C=O) groups is 1. The second-order valence-corrected chi connectivity index (χ2v) is 5.19. The second kappa shape index (κ2) is 8.82. The highest BCUT2D eigenvalue weighted by Crippen LogP contribution is 2.11. The number of benzene rings is 1. The third-order valence-electron chi connectivity index (χ3n) is 2.94. The normalized spacial score (nSPS) is 9.65. The Hall–Kier alpha value is -2.51. The van der Waals surface area contributed by atoms with Gasteiger partial charge in [-0.2, -0.15) is 0 Å². The van der Waals surface area contributed by atoms with Crippen molar-refractivity contribution in [2.24, 2.45) is 0 Å². The minimum Gasteiger partial charge on any atom is -0.445 e. The Bertz CT molecular complexity index is 721. The van der Waals surface area contributed by atoms with Crippen LogP contribution in [0.15, 0.2) is 42.5 Å². The summed E-state index contributed by atoms with van der Waals surface area (Å²) in [6.45, 7) is 2.54. The Kier molecular flexibility index (Phi) is 6.46. The summed E-state index contributed by atoms with van der Waals surface area (Å²) in [5.41, 5.74) is 2.48. The number of amides is 1. The first kappa shape index (κ1) is 16.9. The van der Waals surface area contributed by atoms with E-state index < -0.39 is 6.09 Å². The number of ether oxygens (including phenoxy) is 1. The number of hydrogen-bond donors (Lipinski definition) is 1. The van der Waals surface area contributed by atoms with Gasteiger partial charge in [0.25, 0.3) is 0 Å². The van der Waals surface area contributed by atoms with Crippen LogP contribution in [-0.2, 0) is 11.3 Å². The van der Waals surface area contributed by atoms with E-state index in [1.165, 1.54) is 0 Å². The van der Waals surface area contributed by atoms with Gasteiger partial charge in [-0.25, -0.2) is 9.78 Å². The fourth-order valence-electron chi connectivity index (χ4n) is 1.78. The van der Waals surface area contributed by atoms with Gasteiger partial charge in [0.15, 0.2) is 0 Å². The molecule has 1 amide bonds. The van der Waals surface area contributed by atoms with Crippen molar-refractivity contribution in [2.45, 2.75) is 20.0 Å². The number of nitrogens with zero attached hydrogens (tertiary/aromatic N) is 1. The number of pyridine rings is 1. The van der Waals surface area contributed by atoms with Crippen molar-refractivity contribution in [3.05, 3.63) is 64.4 Å². The van der Waals surface area contributed by atoms with E-state index >= 15 is 0 Å². The molecule has 0 radical (unpaired) electrons. The maximum absolute atomic E-state index is 11.5. The van der Waals surface area contributed by atoms with Crippen LogP contribution >= 0.6 is 11.6 Å². The molecule has 0 aliphatic carbocycles. The first-order valence-corrected chi connectivity index (χ1v) is 7.59. The number of nitrogens with one attached hydrogen (secondary N) is 1. The third kappa shape index (κ3) is 6.01. The van der Waals surface area contributed by atoms with Crippen molar-refractivity contribution in [1.82, 2.24) is 10.3 Å². The van der Waals surface area contributed by atoms with Crippen molar-refractivity contribution < 1.29 is 9.53 Å². The van der Waals surface area contributed by atoms with Gasteiger partial charge in [-0.15, -0.1) is 0 Å². The third-order valence-corrected chi connectivity index (χ3v) is 3.23. The lowest BCUT2D eigenvalue weighted by Gasteiger charge is -2.05. The molecule has 0 fully saturated rings. The van der Waals surface area contributed by atoms with E-state index in [1.807, 2.05) is 49.4 Å². The molecule has 0 spiro atoms. The number of rotatable bonds is 4. The summed E-state index contributed by atoms with van der Waals surface area (Å²) in [6, 6.07) is 13.2. The molecule has 0 aliphatic rings. The molecule has 0 aliphatic heterocycles. The Labute approximate surface area is 140 Å². The first-order chi connectivity index (χ1) is 11.1. The Morgan fingerprint density at radius 2 is 2.04 bits per heavy atom. The van der Waals surface area contributed by atoms with E-state index in [0.717, 1.165) is 11.3 Å². The van der Waals surface area contributed by atoms with Crippen LogP contribution in [0.1, 0.15) is 23.2 Å². The van der Waals surface area contributed by atoms with Gasteiger partial charge in [0.1, 0.15) is 11.8 Å². The monoisotopic (exact) mass is 328 g/mol. The molecule has 1 aromatic heterocycles. The molecular formula is C18H17ClN2O2. The zero-order valence-electron chi connectivity index (χ0n) is 12.8. The number of aryl methyl sites for hydroxylation is 1. The van der Waals surface area contributed by atoms with Crippen molar-refractivity contribution in [3.8, 4) is 11.8 Å². The van der Waals surface area contributed by atoms with Crippen LogP contribution in [0.2, 0.25) is 5.15 Å². The van der Waals surface area contributed by atoms with Gasteiger partial charge < -0.3 is 10.1 Å². The summed E-state index contributed by atoms with van der Waals surface area (Å²) in [4.78, 5) is 15.7. The average Bonchev–Trinajstić information content (AvgIpc) is 2.55. The van der Waals surface area contributed by atoms with Crippen molar-refractivity contribution in [2.75, 3.05) is 6.54 Å².